The van der Waals surface area contributed by atoms with Crippen molar-refractivity contribution in [2.75, 3.05) is 19.6 Å². The minimum Gasteiger partial charge on any atom is -0.356 e. The van der Waals surface area contributed by atoms with Crippen molar-refractivity contribution in [2.24, 2.45) is 5.92 Å². The molecule has 3 rings (SSSR count). The average molecular weight is 371 g/mol. The lowest BCUT2D eigenvalue weighted by atomic mass is 10.1. The van der Waals surface area contributed by atoms with E-state index in [-0.39, 0.29) is 5.91 Å². The molecule has 1 atom stereocenters. The van der Waals surface area contributed by atoms with Crippen molar-refractivity contribution < 1.29 is 4.79 Å². The van der Waals surface area contributed by atoms with Gasteiger partial charge in [0.1, 0.15) is 0 Å². The lowest BCUT2D eigenvalue weighted by Gasteiger charge is -2.16. The van der Waals surface area contributed by atoms with E-state index in [1.54, 1.807) is 0 Å². The molecule has 1 amide bonds. The highest BCUT2D eigenvalue weighted by atomic mass is 35.5. The van der Waals surface area contributed by atoms with Gasteiger partial charge >= 0.3 is 0 Å². The Kier molecular flexibility index (Phi) is 7.10. The Bertz CT molecular complexity index is 704. The first-order chi connectivity index (χ1) is 12.7. The standard InChI is InChI=1S/C22H27ClN2O/c23-21-8-4-7-18(15-21)9-10-22(26)24-13-11-20-12-14-25(17-20)16-19-5-2-1-3-6-19/h1-8,15,20H,9-14,16-17H2,(H,24,26). The molecular weight excluding hydrogens is 344 g/mol. The van der Waals surface area contributed by atoms with Gasteiger partial charge in [0.05, 0.1) is 0 Å². The number of carbonyl (C=O) groups excluding carboxylic acids is 1. The highest BCUT2D eigenvalue weighted by Crippen LogP contribution is 2.21. The lowest BCUT2D eigenvalue weighted by molar-refractivity contribution is -0.121. The minimum absolute atomic E-state index is 0.129. The molecule has 0 aliphatic carbocycles. The first kappa shape index (κ1) is 18.9. The van der Waals surface area contributed by atoms with E-state index in [1.165, 1.54) is 12.0 Å². The topological polar surface area (TPSA) is 32.3 Å². The van der Waals surface area contributed by atoms with Crippen LogP contribution in [0.4, 0.5) is 0 Å². The predicted molar refractivity (Wildman–Crippen MR) is 107 cm³/mol. The van der Waals surface area contributed by atoms with Crippen molar-refractivity contribution in [2.45, 2.75) is 32.2 Å². The van der Waals surface area contributed by atoms with Gasteiger partial charge in [0, 0.05) is 31.1 Å². The van der Waals surface area contributed by atoms with Crippen molar-refractivity contribution in [3.05, 3.63) is 70.7 Å². The van der Waals surface area contributed by atoms with Gasteiger partial charge < -0.3 is 5.32 Å². The van der Waals surface area contributed by atoms with Crippen LogP contribution in [0.2, 0.25) is 5.02 Å². The second kappa shape index (κ2) is 9.75. The van der Waals surface area contributed by atoms with Crippen LogP contribution in [0, 0.1) is 5.92 Å². The summed E-state index contributed by atoms with van der Waals surface area (Å²) in [6, 6.07) is 18.4. The Morgan fingerprint density at radius 3 is 2.73 bits per heavy atom. The van der Waals surface area contributed by atoms with Crippen LogP contribution in [0.1, 0.15) is 30.4 Å². The molecule has 2 aromatic rings. The fourth-order valence-corrected chi connectivity index (χ4v) is 3.80. The summed E-state index contributed by atoms with van der Waals surface area (Å²) in [6.45, 7) is 4.09. The Labute approximate surface area is 161 Å². The molecule has 3 nitrogen and oxygen atoms in total. The Hall–Kier alpha value is -1.84. The third-order valence-electron chi connectivity index (χ3n) is 5.02. The van der Waals surface area contributed by atoms with Gasteiger partial charge in [0.15, 0.2) is 0 Å². The maximum atomic E-state index is 12.0. The van der Waals surface area contributed by atoms with Crippen molar-refractivity contribution in [1.29, 1.82) is 0 Å². The number of likely N-dealkylation sites (tertiary alicyclic amines) is 1. The second-order valence-electron chi connectivity index (χ2n) is 7.14. The third kappa shape index (κ3) is 6.15. The summed E-state index contributed by atoms with van der Waals surface area (Å²) in [5, 5.41) is 3.79. The first-order valence-corrected chi connectivity index (χ1v) is 9.84. The summed E-state index contributed by atoms with van der Waals surface area (Å²) in [7, 11) is 0. The summed E-state index contributed by atoms with van der Waals surface area (Å²) < 4.78 is 0. The maximum absolute atomic E-state index is 12.0. The molecule has 0 saturated carbocycles. The summed E-state index contributed by atoms with van der Waals surface area (Å²) >= 11 is 5.97. The molecule has 0 aromatic heterocycles. The molecule has 0 radical (unpaired) electrons. The molecule has 1 saturated heterocycles. The molecule has 2 aromatic carbocycles. The largest absolute Gasteiger partial charge is 0.356 e. The molecular formula is C22H27ClN2O. The van der Waals surface area contributed by atoms with E-state index in [4.69, 9.17) is 11.6 Å². The van der Waals surface area contributed by atoms with Gasteiger partial charge in [-0.15, -0.1) is 0 Å². The van der Waals surface area contributed by atoms with Gasteiger partial charge in [-0.05, 0) is 55.0 Å². The van der Waals surface area contributed by atoms with Gasteiger partial charge in [-0.3, -0.25) is 9.69 Å². The zero-order valence-corrected chi connectivity index (χ0v) is 15.9. The Morgan fingerprint density at radius 2 is 1.92 bits per heavy atom. The van der Waals surface area contributed by atoms with Crippen LogP contribution in [0.15, 0.2) is 54.6 Å². The van der Waals surface area contributed by atoms with Crippen LogP contribution >= 0.6 is 11.6 Å². The van der Waals surface area contributed by atoms with Gasteiger partial charge in [-0.25, -0.2) is 0 Å². The number of rotatable bonds is 8. The number of nitrogens with one attached hydrogen (secondary N) is 1. The highest BCUT2D eigenvalue weighted by Gasteiger charge is 2.22. The monoisotopic (exact) mass is 370 g/mol. The van der Waals surface area contributed by atoms with Crippen LogP contribution in [0.25, 0.3) is 0 Å². The highest BCUT2D eigenvalue weighted by molar-refractivity contribution is 6.30. The molecule has 1 unspecified atom stereocenters. The molecule has 1 aliphatic rings. The number of carbonyl (C=O) groups is 1. The number of hydrogen-bond donors (Lipinski definition) is 1. The molecule has 4 heteroatoms. The maximum Gasteiger partial charge on any atom is 0.220 e. The molecule has 1 heterocycles. The number of benzene rings is 2. The molecule has 0 bridgehead atoms. The zero-order chi connectivity index (χ0) is 18.2. The Morgan fingerprint density at radius 1 is 1.12 bits per heavy atom. The second-order valence-corrected chi connectivity index (χ2v) is 7.58. The summed E-state index contributed by atoms with van der Waals surface area (Å²) in [6.07, 6.45) is 3.55. The van der Waals surface area contributed by atoms with Crippen LogP contribution in [0.5, 0.6) is 0 Å². The van der Waals surface area contributed by atoms with E-state index in [9.17, 15) is 4.79 Å². The van der Waals surface area contributed by atoms with Gasteiger partial charge in [-0.1, -0.05) is 54.1 Å². The molecule has 1 N–H and O–H groups in total. The predicted octanol–water partition coefficient (Wildman–Crippen LogP) is 4.30. The van der Waals surface area contributed by atoms with Crippen molar-refractivity contribution in [3.8, 4) is 0 Å². The lowest BCUT2D eigenvalue weighted by Crippen LogP contribution is -2.27. The summed E-state index contributed by atoms with van der Waals surface area (Å²) in [5.41, 5.74) is 2.49. The van der Waals surface area contributed by atoms with Crippen molar-refractivity contribution in [3.63, 3.8) is 0 Å². The number of hydrogen-bond acceptors (Lipinski definition) is 2. The van der Waals surface area contributed by atoms with Gasteiger partial charge in [0.25, 0.3) is 0 Å². The minimum atomic E-state index is 0.129. The van der Waals surface area contributed by atoms with Crippen molar-refractivity contribution in [1.82, 2.24) is 10.2 Å². The molecule has 1 fully saturated rings. The first-order valence-electron chi connectivity index (χ1n) is 9.46. The van der Waals surface area contributed by atoms with Crippen LogP contribution in [-0.4, -0.2) is 30.4 Å². The Balaban J connectivity index is 1.30. The summed E-state index contributed by atoms with van der Waals surface area (Å²) in [5.74, 6) is 0.816. The van der Waals surface area contributed by atoms with Crippen LogP contribution < -0.4 is 5.32 Å². The van der Waals surface area contributed by atoms with Gasteiger partial charge in [-0.2, -0.15) is 0 Å². The normalized spacial score (nSPS) is 17.3. The van der Waals surface area contributed by atoms with Crippen molar-refractivity contribution >= 4 is 17.5 Å². The SMILES string of the molecule is O=C(CCc1cccc(Cl)c1)NCCC1CCN(Cc2ccccc2)C1. The fraction of sp³-hybridized carbons (Fsp3) is 0.409. The molecule has 26 heavy (non-hydrogen) atoms. The van der Waals surface area contributed by atoms with E-state index in [2.05, 4.69) is 40.5 Å². The average Bonchev–Trinajstić information content (AvgIpc) is 3.08. The molecule has 1 aliphatic heterocycles. The quantitative estimate of drug-likeness (QED) is 0.751. The zero-order valence-electron chi connectivity index (χ0n) is 15.2. The smallest absolute Gasteiger partial charge is 0.220 e. The van der Waals surface area contributed by atoms with E-state index in [1.807, 2.05) is 24.3 Å². The number of amides is 1. The number of nitrogens with zero attached hydrogens (tertiary/aromatic N) is 1. The van der Waals surface area contributed by atoms with Crippen LogP contribution in [-0.2, 0) is 17.8 Å². The molecule has 138 valence electrons. The van der Waals surface area contributed by atoms with Gasteiger partial charge in [0.2, 0.25) is 5.91 Å². The van der Waals surface area contributed by atoms with E-state index < -0.39 is 0 Å². The fourth-order valence-electron chi connectivity index (χ4n) is 3.59. The van der Waals surface area contributed by atoms with E-state index in [0.717, 1.165) is 49.6 Å². The number of aryl methyl sites for hydroxylation is 1. The third-order valence-corrected chi connectivity index (χ3v) is 5.26. The van der Waals surface area contributed by atoms with E-state index >= 15 is 0 Å². The summed E-state index contributed by atoms with van der Waals surface area (Å²) in [4.78, 5) is 14.5. The molecule has 0 spiro atoms. The number of halogens is 1. The van der Waals surface area contributed by atoms with Crippen LogP contribution in [0.3, 0.4) is 0 Å². The van der Waals surface area contributed by atoms with E-state index in [0.29, 0.717) is 12.3 Å².